The van der Waals surface area contributed by atoms with Crippen LogP contribution in [0.25, 0.3) is 0 Å². The summed E-state index contributed by atoms with van der Waals surface area (Å²) in [6, 6.07) is 6.93. The van der Waals surface area contributed by atoms with Gasteiger partial charge in [-0.2, -0.15) is 4.98 Å². The summed E-state index contributed by atoms with van der Waals surface area (Å²) >= 11 is 12.0. The fraction of sp³-hybridized carbons (Fsp3) is 0.476. The first-order valence-corrected chi connectivity index (χ1v) is 11.0. The molecule has 0 spiro atoms. The van der Waals surface area contributed by atoms with Crippen LogP contribution in [0.3, 0.4) is 0 Å². The molecule has 0 aliphatic carbocycles. The number of carbonyl (C=O) groups excluding carboxylic acids is 1. The zero-order valence-electron chi connectivity index (χ0n) is 17.4. The molecule has 3 heterocycles. The highest BCUT2D eigenvalue weighted by Crippen LogP contribution is 2.27. The van der Waals surface area contributed by atoms with Gasteiger partial charge in [-0.05, 0) is 25.1 Å². The number of aromatic nitrogens is 2. The van der Waals surface area contributed by atoms with Crippen LogP contribution in [-0.4, -0.2) is 79.9 Å². The van der Waals surface area contributed by atoms with E-state index in [1.807, 2.05) is 13.0 Å². The van der Waals surface area contributed by atoms with E-state index in [-0.39, 0.29) is 12.5 Å². The highest BCUT2D eigenvalue weighted by atomic mass is 35.5. The van der Waals surface area contributed by atoms with Gasteiger partial charge in [0.25, 0.3) is 5.91 Å². The molecule has 0 N–H and O–H groups in total. The molecular weight excluding hydrogens is 441 g/mol. The van der Waals surface area contributed by atoms with Gasteiger partial charge in [-0.25, -0.2) is 4.98 Å². The van der Waals surface area contributed by atoms with Crippen LogP contribution in [0, 0.1) is 6.92 Å². The van der Waals surface area contributed by atoms with E-state index in [4.69, 9.17) is 37.7 Å². The molecule has 0 bridgehead atoms. The summed E-state index contributed by atoms with van der Waals surface area (Å²) < 4.78 is 11.0. The molecule has 0 saturated carbocycles. The normalized spacial score (nSPS) is 17.1. The van der Waals surface area contributed by atoms with E-state index in [1.54, 1.807) is 23.1 Å². The molecule has 0 radical (unpaired) electrons. The molecule has 2 aliphatic heterocycles. The molecule has 31 heavy (non-hydrogen) atoms. The number of piperazine rings is 1. The van der Waals surface area contributed by atoms with Gasteiger partial charge in [0.05, 0.1) is 18.2 Å². The van der Waals surface area contributed by atoms with E-state index in [0.29, 0.717) is 55.2 Å². The fourth-order valence-corrected chi connectivity index (χ4v) is 4.07. The second-order valence-electron chi connectivity index (χ2n) is 7.50. The Bertz CT molecular complexity index is 931. The van der Waals surface area contributed by atoms with Crippen LogP contribution >= 0.6 is 23.2 Å². The molecule has 1 amide bonds. The largest absolute Gasteiger partial charge is 0.482 e. The van der Waals surface area contributed by atoms with E-state index in [2.05, 4.69) is 14.8 Å². The fourth-order valence-electron chi connectivity index (χ4n) is 3.61. The Morgan fingerprint density at radius 2 is 1.77 bits per heavy atom. The lowest BCUT2D eigenvalue weighted by Crippen LogP contribution is -2.50. The van der Waals surface area contributed by atoms with Crippen molar-refractivity contribution in [2.24, 2.45) is 0 Å². The molecule has 2 saturated heterocycles. The van der Waals surface area contributed by atoms with E-state index < -0.39 is 0 Å². The number of anilines is 2. The number of morpholine rings is 1. The molecule has 0 unspecified atom stereocenters. The number of amides is 1. The lowest BCUT2D eigenvalue weighted by atomic mass is 10.3. The summed E-state index contributed by atoms with van der Waals surface area (Å²) in [5, 5.41) is 0.914. The standard InChI is InChI=1S/C21H25Cl2N5O3/c1-15-12-19(25-21(24-15)28-8-10-30-11-9-28)26-4-6-27(7-5-26)20(29)14-31-18-3-2-16(22)13-17(18)23/h2-3,12-13H,4-11,14H2,1H3. The summed E-state index contributed by atoms with van der Waals surface area (Å²) in [4.78, 5) is 28.1. The van der Waals surface area contributed by atoms with Gasteiger partial charge in [0, 0.05) is 56.1 Å². The second kappa shape index (κ2) is 9.89. The van der Waals surface area contributed by atoms with E-state index in [0.717, 1.165) is 30.5 Å². The Hall–Kier alpha value is -2.29. The third-order valence-electron chi connectivity index (χ3n) is 5.32. The lowest BCUT2D eigenvalue weighted by molar-refractivity contribution is -0.133. The Balaban J connectivity index is 1.33. The summed E-state index contributed by atoms with van der Waals surface area (Å²) in [7, 11) is 0. The average Bonchev–Trinajstić information content (AvgIpc) is 2.78. The molecule has 0 atom stereocenters. The zero-order chi connectivity index (χ0) is 21.8. The molecule has 2 aliphatic rings. The van der Waals surface area contributed by atoms with Gasteiger partial charge in [-0.15, -0.1) is 0 Å². The van der Waals surface area contributed by atoms with E-state index in [9.17, 15) is 4.79 Å². The molecule has 2 aromatic rings. The smallest absolute Gasteiger partial charge is 0.260 e. The first-order chi connectivity index (χ1) is 15.0. The van der Waals surface area contributed by atoms with Crippen molar-refractivity contribution >= 4 is 40.9 Å². The van der Waals surface area contributed by atoms with Gasteiger partial charge in [0.2, 0.25) is 5.95 Å². The van der Waals surface area contributed by atoms with Crippen LogP contribution in [-0.2, 0) is 9.53 Å². The third kappa shape index (κ3) is 5.50. The molecule has 1 aromatic heterocycles. The van der Waals surface area contributed by atoms with Gasteiger partial charge < -0.3 is 24.2 Å². The lowest BCUT2D eigenvalue weighted by Gasteiger charge is -2.36. The monoisotopic (exact) mass is 465 g/mol. The predicted octanol–water partition coefficient (Wildman–Crippen LogP) is 2.66. The Morgan fingerprint density at radius 1 is 1.03 bits per heavy atom. The molecule has 2 fully saturated rings. The molecule has 1 aromatic carbocycles. The number of ether oxygens (including phenoxy) is 2. The van der Waals surface area contributed by atoms with Gasteiger partial charge in [0.15, 0.2) is 6.61 Å². The summed E-state index contributed by atoms with van der Waals surface area (Å²) in [5.41, 5.74) is 0.929. The van der Waals surface area contributed by atoms with Crippen molar-refractivity contribution in [3.05, 3.63) is 40.0 Å². The Kier molecular flexibility index (Phi) is 6.99. The molecule has 8 nitrogen and oxygen atoms in total. The molecule has 10 heteroatoms. The average molecular weight is 466 g/mol. The summed E-state index contributed by atoms with van der Waals surface area (Å²) in [6.07, 6.45) is 0. The van der Waals surface area contributed by atoms with Crippen LogP contribution in [0.15, 0.2) is 24.3 Å². The van der Waals surface area contributed by atoms with Gasteiger partial charge in [-0.3, -0.25) is 4.79 Å². The number of hydrogen-bond acceptors (Lipinski definition) is 7. The van der Waals surface area contributed by atoms with Crippen molar-refractivity contribution in [3.8, 4) is 5.75 Å². The Morgan fingerprint density at radius 3 is 2.48 bits per heavy atom. The summed E-state index contributed by atoms with van der Waals surface area (Å²) in [5.74, 6) is 2.01. The van der Waals surface area contributed by atoms with Gasteiger partial charge in [-0.1, -0.05) is 23.2 Å². The van der Waals surface area contributed by atoms with Crippen LogP contribution in [0.5, 0.6) is 5.75 Å². The van der Waals surface area contributed by atoms with Crippen LogP contribution < -0.4 is 14.5 Å². The molecule has 4 rings (SSSR count). The van der Waals surface area contributed by atoms with Crippen molar-refractivity contribution in [1.82, 2.24) is 14.9 Å². The first kappa shape index (κ1) is 21.9. The SMILES string of the molecule is Cc1cc(N2CCN(C(=O)COc3ccc(Cl)cc3Cl)CC2)nc(N2CCOCC2)n1. The highest BCUT2D eigenvalue weighted by Gasteiger charge is 2.24. The maximum Gasteiger partial charge on any atom is 0.260 e. The van der Waals surface area contributed by atoms with E-state index >= 15 is 0 Å². The van der Waals surface area contributed by atoms with E-state index in [1.165, 1.54) is 0 Å². The van der Waals surface area contributed by atoms with Crippen molar-refractivity contribution in [2.45, 2.75) is 6.92 Å². The van der Waals surface area contributed by atoms with Gasteiger partial charge >= 0.3 is 0 Å². The number of carbonyl (C=O) groups is 1. The number of aryl methyl sites for hydroxylation is 1. The zero-order valence-corrected chi connectivity index (χ0v) is 18.9. The van der Waals surface area contributed by atoms with Crippen LogP contribution in [0.1, 0.15) is 5.69 Å². The maximum atomic E-state index is 12.6. The predicted molar refractivity (Wildman–Crippen MR) is 121 cm³/mol. The summed E-state index contributed by atoms with van der Waals surface area (Å²) in [6.45, 7) is 7.50. The molecular formula is C21H25Cl2N5O3. The quantitative estimate of drug-likeness (QED) is 0.671. The number of rotatable bonds is 5. The minimum atomic E-state index is -0.0708. The first-order valence-electron chi connectivity index (χ1n) is 10.3. The number of hydrogen-bond donors (Lipinski definition) is 0. The highest BCUT2D eigenvalue weighted by molar-refractivity contribution is 6.35. The van der Waals surface area contributed by atoms with Crippen molar-refractivity contribution < 1.29 is 14.3 Å². The Labute approximate surface area is 191 Å². The minimum Gasteiger partial charge on any atom is -0.482 e. The van der Waals surface area contributed by atoms with Crippen molar-refractivity contribution in [3.63, 3.8) is 0 Å². The number of halogens is 2. The van der Waals surface area contributed by atoms with Crippen LogP contribution in [0.4, 0.5) is 11.8 Å². The van der Waals surface area contributed by atoms with Crippen molar-refractivity contribution in [1.29, 1.82) is 0 Å². The number of nitrogens with zero attached hydrogens (tertiary/aromatic N) is 5. The molecule has 166 valence electrons. The minimum absolute atomic E-state index is 0.0604. The third-order valence-corrected chi connectivity index (χ3v) is 5.85. The number of benzene rings is 1. The maximum absolute atomic E-state index is 12.6. The van der Waals surface area contributed by atoms with Crippen LogP contribution in [0.2, 0.25) is 10.0 Å². The van der Waals surface area contributed by atoms with Crippen molar-refractivity contribution in [2.75, 3.05) is 68.9 Å². The van der Waals surface area contributed by atoms with Gasteiger partial charge in [0.1, 0.15) is 11.6 Å². The second-order valence-corrected chi connectivity index (χ2v) is 8.34. The topological polar surface area (TPSA) is 71.0 Å².